The number of nitrogens with one attached hydrogen (secondary N) is 1. The van der Waals surface area contributed by atoms with E-state index in [4.69, 9.17) is 4.98 Å². The number of fused-ring (bicyclic) bond motifs is 1. The number of aromatic nitrogens is 2. The Labute approximate surface area is 136 Å². The van der Waals surface area contributed by atoms with E-state index in [1.165, 1.54) is 10.6 Å². The number of halogens is 1. The minimum atomic E-state index is 0.791. The van der Waals surface area contributed by atoms with E-state index in [-0.39, 0.29) is 0 Å². The smallest absolute Gasteiger partial charge is 0.152 e. The largest absolute Gasteiger partial charge is 0.353 e. The molecule has 0 saturated heterocycles. The summed E-state index contributed by atoms with van der Waals surface area (Å²) in [4.78, 5) is 8.30. The summed E-state index contributed by atoms with van der Waals surface area (Å²) in [6, 6.07) is 8.26. The molecule has 0 spiro atoms. The van der Waals surface area contributed by atoms with Gasteiger partial charge in [0.2, 0.25) is 0 Å². The van der Waals surface area contributed by atoms with Gasteiger partial charge in [-0.25, -0.2) is 4.98 Å². The van der Waals surface area contributed by atoms with Gasteiger partial charge in [0.1, 0.15) is 5.65 Å². The maximum atomic E-state index is 4.78. The first kappa shape index (κ1) is 14.6. The molecule has 0 aromatic carbocycles. The maximum Gasteiger partial charge on any atom is 0.152 e. The van der Waals surface area contributed by atoms with Gasteiger partial charge in [0.05, 0.1) is 12.2 Å². The molecule has 3 aromatic heterocycles. The number of rotatable bonds is 5. The normalized spacial score (nSPS) is 11.2. The molecule has 0 atom stereocenters. The predicted molar refractivity (Wildman–Crippen MR) is 92.1 cm³/mol. The molecular formula is C15H17BrN4S. The summed E-state index contributed by atoms with van der Waals surface area (Å²) in [5.74, 6) is 1.03. The zero-order valence-electron chi connectivity index (χ0n) is 12.0. The number of pyridine rings is 1. The van der Waals surface area contributed by atoms with Gasteiger partial charge >= 0.3 is 0 Å². The van der Waals surface area contributed by atoms with Crippen LogP contribution in [0.15, 0.2) is 40.3 Å². The summed E-state index contributed by atoms with van der Waals surface area (Å²) in [6.45, 7) is 1.65. The second kappa shape index (κ2) is 6.17. The lowest BCUT2D eigenvalue weighted by Gasteiger charge is -2.17. The highest BCUT2D eigenvalue weighted by molar-refractivity contribution is 9.10. The van der Waals surface area contributed by atoms with Gasteiger partial charge in [-0.3, -0.25) is 0 Å². The van der Waals surface area contributed by atoms with Gasteiger partial charge in [-0.2, -0.15) is 0 Å². The minimum absolute atomic E-state index is 0.791. The standard InChI is InChI=1S/C15H17BrN4S/c1-17-8-13-15(18-14-5-3-4-6-20(13)14)19(2)9-12-7-11(16)10-21-12/h3-7,10,17H,8-9H2,1-2H3. The lowest BCUT2D eigenvalue weighted by atomic mass is 10.3. The third-order valence-corrected chi connectivity index (χ3v) is 5.01. The number of thiophene rings is 1. The Bertz CT molecular complexity index is 749. The summed E-state index contributed by atoms with van der Waals surface area (Å²) in [5, 5.41) is 5.35. The third kappa shape index (κ3) is 2.97. The zero-order valence-corrected chi connectivity index (χ0v) is 14.4. The van der Waals surface area contributed by atoms with Crippen LogP contribution in [0, 0.1) is 0 Å². The van der Waals surface area contributed by atoms with Gasteiger partial charge in [0.25, 0.3) is 0 Å². The van der Waals surface area contributed by atoms with Gasteiger partial charge in [-0.15, -0.1) is 11.3 Å². The minimum Gasteiger partial charge on any atom is -0.353 e. The van der Waals surface area contributed by atoms with E-state index in [1.54, 1.807) is 11.3 Å². The summed E-state index contributed by atoms with van der Waals surface area (Å²) in [7, 11) is 4.05. The van der Waals surface area contributed by atoms with E-state index < -0.39 is 0 Å². The van der Waals surface area contributed by atoms with Crippen molar-refractivity contribution in [1.29, 1.82) is 0 Å². The van der Waals surface area contributed by atoms with Gasteiger partial charge in [-0.05, 0) is 41.2 Å². The Balaban J connectivity index is 1.96. The van der Waals surface area contributed by atoms with Crippen LogP contribution in [0.1, 0.15) is 10.6 Å². The fourth-order valence-electron chi connectivity index (χ4n) is 2.42. The van der Waals surface area contributed by atoms with E-state index in [9.17, 15) is 0 Å². The molecule has 6 heteroatoms. The second-order valence-electron chi connectivity index (χ2n) is 4.93. The second-order valence-corrected chi connectivity index (χ2v) is 6.84. The van der Waals surface area contributed by atoms with E-state index in [1.807, 2.05) is 25.2 Å². The first-order valence-corrected chi connectivity index (χ1v) is 8.41. The molecule has 4 nitrogen and oxygen atoms in total. The average molecular weight is 365 g/mol. The number of anilines is 1. The van der Waals surface area contributed by atoms with Crippen LogP contribution in [-0.2, 0) is 13.1 Å². The highest BCUT2D eigenvalue weighted by Gasteiger charge is 2.15. The van der Waals surface area contributed by atoms with Crippen LogP contribution < -0.4 is 10.2 Å². The first-order valence-electron chi connectivity index (χ1n) is 6.73. The van der Waals surface area contributed by atoms with Crippen molar-refractivity contribution < 1.29 is 0 Å². The van der Waals surface area contributed by atoms with Crippen molar-refractivity contribution in [3.63, 3.8) is 0 Å². The number of hydrogen-bond donors (Lipinski definition) is 1. The molecular weight excluding hydrogens is 348 g/mol. The SMILES string of the molecule is CNCc1c(N(C)Cc2cc(Br)cs2)nc2ccccn12. The quantitative estimate of drug-likeness (QED) is 0.751. The maximum absolute atomic E-state index is 4.78. The molecule has 0 aliphatic carbocycles. The van der Waals surface area contributed by atoms with Crippen LogP contribution in [0.25, 0.3) is 5.65 Å². The average Bonchev–Trinajstić information content (AvgIpc) is 3.04. The lowest BCUT2D eigenvalue weighted by molar-refractivity contribution is 0.772. The summed E-state index contributed by atoms with van der Waals surface area (Å²) in [5.41, 5.74) is 2.17. The van der Waals surface area contributed by atoms with E-state index >= 15 is 0 Å². The van der Waals surface area contributed by atoms with Crippen molar-refractivity contribution in [2.45, 2.75) is 13.1 Å². The molecule has 110 valence electrons. The van der Waals surface area contributed by atoms with Crippen molar-refractivity contribution in [1.82, 2.24) is 14.7 Å². The lowest BCUT2D eigenvalue weighted by Crippen LogP contribution is -2.19. The molecule has 0 saturated carbocycles. The fraction of sp³-hybridized carbons (Fsp3) is 0.267. The van der Waals surface area contributed by atoms with Crippen LogP contribution >= 0.6 is 27.3 Å². The van der Waals surface area contributed by atoms with Crippen molar-refractivity contribution in [2.24, 2.45) is 0 Å². The molecule has 3 heterocycles. The molecule has 1 N–H and O–H groups in total. The third-order valence-electron chi connectivity index (χ3n) is 3.33. The first-order chi connectivity index (χ1) is 10.2. The van der Waals surface area contributed by atoms with E-state index in [0.29, 0.717) is 0 Å². The van der Waals surface area contributed by atoms with Crippen LogP contribution in [0.2, 0.25) is 0 Å². The molecule has 0 bridgehead atoms. The Morgan fingerprint density at radius 3 is 3.00 bits per heavy atom. The highest BCUT2D eigenvalue weighted by Crippen LogP contribution is 2.25. The number of hydrogen-bond acceptors (Lipinski definition) is 4. The summed E-state index contributed by atoms with van der Waals surface area (Å²) in [6.07, 6.45) is 2.06. The highest BCUT2D eigenvalue weighted by atomic mass is 79.9. The Morgan fingerprint density at radius 1 is 1.43 bits per heavy atom. The molecule has 3 rings (SSSR count). The molecule has 0 aliphatic heterocycles. The van der Waals surface area contributed by atoms with Crippen molar-refractivity contribution in [3.05, 3.63) is 50.9 Å². The van der Waals surface area contributed by atoms with E-state index in [0.717, 1.165) is 29.0 Å². The number of nitrogens with zero attached hydrogens (tertiary/aromatic N) is 3. The molecule has 3 aromatic rings. The van der Waals surface area contributed by atoms with Crippen molar-refractivity contribution in [3.8, 4) is 0 Å². The monoisotopic (exact) mass is 364 g/mol. The molecule has 0 radical (unpaired) electrons. The van der Waals surface area contributed by atoms with Gasteiger partial charge in [0.15, 0.2) is 5.82 Å². The molecule has 21 heavy (non-hydrogen) atoms. The van der Waals surface area contributed by atoms with Crippen LogP contribution in [-0.4, -0.2) is 23.5 Å². The van der Waals surface area contributed by atoms with Crippen LogP contribution in [0.5, 0.6) is 0 Å². The summed E-state index contributed by atoms with van der Waals surface area (Å²) >= 11 is 5.27. The van der Waals surface area contributed by atoms with Gasteiger partial charge < -0.3 is 14.6 Å². The van der Waals surface area contributed by atoms with Gasteiger partial charge in [0, 0.05) is 34.5 Å². The fourth-order valence-corrected chi connectivity index (χ4v) is 3.92. The Morgan fingerprint density at radius 2 is 2.29 bits per heavy atom. The Kier molecular flexibility index (Phi) is 4.28. The summed E-state index contributed by atoms with van der Waals surface area (Å²) < 4.78 is 3.29. The van der Waals surface area contributed by atoms with Crippen molar-refractivity contribution in [2.75, 3.05) is 19.0 Å². The van der Waals surface area contributed by atoms with Crippen LogP contribution in [0.4, 0.5) is 5.82 Å². The van der Waals surface area contributed by atoms with Crippen molar-refractivity contribution >= 4 is 38.7 Å². The van der Waals surface area contributed by atoms with E-state index in [2.05, 4.69) is 55.2 Å². The molecule has 0 unspecified atom stereocenters. The van der Waals surface area contributed by atoms with Gasteiger partial charge in [-0.1, -0.05) is 6.07 Å². The number of imidazole rings is 1. The zero-order chi connectivity index (χ0) is 14.8. The molecule has 0 aliphatic rings. The predicted octanol–water partition coefficient (Wildman–Crippen LogP) is 3.51. The van der Waals surface area contributed by atoms with Crippen LogP contribution in [0.3, 0.4) is 0 Å². The molecule has 0 fully saturated rings. The topological polar surface area (TPSA) is 32.6 Å². The molecule has 0 amide bonds. The Hall–Kier alpha value is -1.37.